The van der Waals surface area contributed by atoms with E-state index in [-0.39, 0.29) is 24.1 Å². The molecular formula is C22H33FN2O3. The number of aliphatic hydroxyl groups is 1. The number of hydrogen-bond donors (Lipinski definition) is 1. The molecule has 3 atom stereocenters. The Bertz CT molecular complexity index is 600. The number of halogens is 1. The van der Waals surface area contributed by atoms with E-state index in [0.29, 0.717) is 12.6 Å². The normalized spacial score (nSPS) is 31.1. The van der Waals surface area contributed by atoms with E-state index in [1.54, 1.807) is 12.1 Å². The van der Waals surface area contributed by atoms with E-state index < -0.39 is 0 Å². The smallest absolute Gasteiger partial charge is 0.123 e. The first kappa shape index (κ1) is 20.2. The molecule has 1 N–H and O–H groups in total. The predicted molar refractivity (Wildman–Crippen MR) is 106 cm³/mol. The van der Waals surface area contributed by atoms with Crippen molar-refractivity contribution in [2.45, 2.75) is 63.0 Å². The van der Waals surface area contributed by atoms with Gasteiger partial charge in [-0.15, -0.1) is 0 Å². The zero-order valence-corrected chi connectivity index (χ0v) is 16.6. The number of nitrogens with zero attached hydrogens (tertiary/aromatic N) is 2. The number of morpholine rings is 1. The first-order valence-corrected chi connectivity index (χ1v) is 10.8. The number of aliphatic hydroxyl groups excluding tert-OH is 1. The van der Waals surface area contributed by atoms with Crippen molar-refractivity contribution in [1.29, 1.82) is 0 Å². The van der Waals surface area contributed by atoms with Crippen molar-refractivity contribution in [3.63, 3.8) is 0 Å². The van der Waals surface area contributed by atoms with Crippen LogP contribution < -0.4 is 0 Å². The van der Waals surface area contributed by atoms with Gasteiger partial charge in [-0.05, 0) is 49.8 Å². The van der Waals surface area contributed by atoms with Crippen molar-refractivity contribution >= 4 is 0 Å². The number of benzene rings is 1. The fourth-order valence-electron chi connectivity index (χ4n) is 4.96. The fourth-order valence-corrected chi connectivity index (χ4v) is 4.96. The summed E-state index contributed by atoms with van der Waals surface area (Å²) in [5, 5.41) is 10.6. The Morgan fingerprint density at radius 3 is 2.39 bits per heavy atom. The van der Waals surface area contributed by atoms with Gasteiger partial charge >= 0.3 is 0 Å². The molecule has 5 nitrogen and oxygen atoms in total. The van der Waals surface area contributed by atoms with Crippen LogP contribution in [0.4, 0.5) is 4.39 Å². The Balaban J connectivity index is 1.26. The lowest BCUT2D eigenvalue weighted by atomic mass is 9.87. The van der Waals surface area contributed by atoms with Crippen LogP contribution in [0.25, 0.3) is 0 Å². The van der Waals surface area contributed by atoms with Gasteiger partial charge in [0, 0.05) is 38.3 Å². The van der Waals surface area contributed by atoms with Crippen LogP contribution in [-0.2, 0) is 16.1 Å². The van der Waals surface area contributed by atoms with Gasteiger partial charge < -0.3 is 14.6 Å². The van der Waals surface area contributed by atoms with Crippen LogP contribution >= 0.6 is 0 Å². The zero-order valence-electron chi connectivity index (χ0n) is 16.6. The van der Waals surface area contributed by atoms with Gasteiger partial charge in [-0.3, -0.25) is 9.80 Å². The number of rotatable bonds is 5. The highest BCUT2D eigenvalue weighted by atomic mass is 19.1. The molecule has 6 heteroatoms. The number of piperidine rings is 1. The first-order chi connectivity index (χ1) is 13.7. The van der Waals surface area contributed by atoms with E-state index in [9.17, 15) is 9.50 Å². The summed E-state index contributed by atoms with van der Waals surface area (Å²) in [6.45, 7) is 6.42. The summed E-state index contributed by atoms with van der Waals surface area (Å²) >= 11 is 0. The molecule has 1 aromatic rings. The average molecular weight is 393 g/mol. The van der Waals surface area contributed by atoms with Gasteiger partial charge in [-0.2, -0.15) is 0 Å². The summed E-state index contributed by atoms with van der Waals surface area (Å²) in [5.41, 5.74) is 0.996. The zero-order chi connectivity index (χ0) is 19.3. The third kappa shape index (κ3) is 5.10. The van der Waals surface area contributed by atoms with Crippen LogP contribution in [0.15, 0.2) is 24.3 Å². The molecule has 0 bridgehead atoms. The maximum absolute atomic E-state index is 13.0. The highest BCUT2D eigenvalue weighted by Crippen LogP contribution is 2.29. The molecule has 1 aromatic carbocycles. The molecule has 2 aliphatic heterocycles. The Hall–Kier alpha value is -1.05. The van der Waals surface area contributed by atoms with Crippen molar-refractivity contribution in [1.82, 2.24) is 9.80 Å². The van der Waals surface area contributed by atoms with E-state index in [4.69, 9.17) is 9.47 Å². The number of likely N-dealkylation sites (tertiary alicyclic amines) is 1. The monoisotopic (exact) mass is 392 g/mol. The summed E-state index contributed by atoms with van der Waals surface area (Å²) in [6, 6.07) is 7.36. The second-order valence-electron chi connectivity index (χ2n) is 8.42. The third-order valence-corrected chi connectivity index (χ3v) is 6.66. The van der Waals surface area contributed by atoms with Crippen molar-refractivity contribution in [3.05, 3.63) is 35.6 Å². The average Bonchev–Trinajstić information content (AvgIpc) is 2.75. The molecule has 1 aliphatic carbocycles. The molecule has 4 rings (SSSR count). The van der Waals surface area contributed by atoms with Gasteiger partial charge in [0.05, 0.1) is 32.0 Å². The van der Waals surface area contributed by atoms with Crippen LogP contribution in [-0.4, -0.2) is 78.6 Å². The summed E-state index contributed by atoms with van der Waals surface area (Å²) in [7, 11) is 0. The number of ether oxygens (including phenoxy) is 2. The topological polar surface area (TPSA) is 45.2 Å². The molecule has 2 saturated heterocycles. The van der Waals surface area contributed by atoms with E-state index in [2.05, 4.69) is 9.80 Å². The highest BCUT2D eigenvalue weighted by Gasteiger charge is 2.36. The van der Waals surface area contributed by atoms with E-state index in [1.165, 1.54) is 25.0 Å². The summed E-state index contributed by atoms with van der Waals surface area (Å²) in [5.74, 6) is -0.218. The van der Waals surface area contributed by atoms with Crippen LogP contribution in [0.5, 0.6) is 0 Å². The maximum Gasteiger partial charge on any atom is 0.123 e. The fraction of sp³-hybridized carbons (Fsp3) is 0.727. The molecular weight excluding hydrogens is 359 g/mol. The summed E-state index contributed by atoms with van der Waals surface area (Å²) < 4.78 is 24.6. The Morgan fingerprint density at radius 1 is 0.964 bits per heavy atom. The second-order valence-corrected chi connectivity index (χ2v) is 8.42. The number of hydrogen-bond acceptors (Lipinski definition) is 5. The van der Waals surface area contributed by atoms with Gasteiger partial charge in [0.2, 0.25) is 0 Å². The van der Waals surface area contributed by atoms with Crippen molar-refractivity contribution in [3.8, 4) is 0 Å². The Morgan fingerprint density at radius 2 is 1.68 bits per heavy atom. The first-order valence-electron chi connectivity index (χ1n) is 10.8. The van der Waals surface area contributed by atoms with E-state index >= 15 is 0 Å². The molecule has 156 valence electrons. The van der Waals surface area contributed by atoms with Crippen LogP contribution in [0.3, 0.4) is 0 Å². The molecule has 28 heavy (non-hydrogen) atoms. The molecule has 0 aromatic heterocycles. The molecule has 1 saturated carbocycles. The lowest BCUT2D eigenvalue weighted by molar-refractivity contribution is -0.0697. The highest BCUT2D eigenvalue weighted by molar-refractivity contribution is 5.15. The predicted octanol–water partition coefficient (Wildman–Crippen LogP) is 2.42. The minimum atomic E-state index is -0.259. The van der Waals surface area contributed by atoms with Crippen molar-refractivity contribution in [2.75, 3.05) is 39.4 Å². The van der Waals surface area contributed by atoms with Gasteiger partial charge in [-0.25, -0.2) is 4.39 Å². The minimum absolute atomic E-state index is 0.162. The lowest BCUT2D eigenvalue weighted by Gasteiger charge is -2.45. The van der Waals surface area contributed by atoms with Crippen LogP contribution in [0.2, 0.25) is 0 Å². The van der Waals surface area contributed by atoms with E-state index in [0.717, 1.165) is 64.2 Å². The third-order valence-electron chi connectivity index (χ3n) is 6.66. The molecule has 0 spiro atoms. The molecule has 0 unspecified atom stereocenters. The van der Waals surface area contributed by atoms with Crippen LogP contribution in [0.1, 0.15) is 37.7 Å². The van der Waals surface area contributed by atoms with Crippen molar-refractivity contribution in [2.24, 2.45) is 0 Å². The Labute approximate surface area is 167 Å². The maximum atomic E-state index is 13.0. The molecule has 3 fully saturated rings. The quantitative estimate of drug-likeness (QED) is 0.834. The minimum Gasteiger partial charge on any atom is -0.391 e. The van der Waals surface area contributed by atoms with Crippen molar-refractivity contribution < 1.29 is 19.0 Å². The lowest BCUT2D eigenvalue weighted by Crippen LogP contribution is -2.55. The van der Waals surface area contributed by atoms with Gasteiger partial charge in [0.15, 0.2) is 0 Å². The van der Waals surface area contributed by atoms with E-state index in [1.807, 2.05) is 0 Å². The van der Waals surface area contributed by atoms with Crippen LogP contribution in [0, 0.1) is 5.82 Å². The SMILES string of the molecule is O[C@@H]1CC[C@H](OCc2ccc(F)cc2)C[C@H]1N1CCC(N2CCOCC2)CC1. The Kier molecular flexibility index (Phi) is 6.96. The van der Waals surface area contributed by atoms with Gasteiger partial charge in [0.1, 0.15) is 5.82 Å². The molecule has 3 aliphatic rings. The molecule has 2 heterocycles. The summed E-state index contributed by atoms with van der Waals surface area (Å²) in [4.78, 5) is 5.06. The van der Waals surface area contributed by atoms with Gasteiger partial charge in [0.25, 0.3) is 0 Å². The standard InChI is InChI=1S/C22H33FN2O3/c23-18-3-1-17(2-4-18)16-28-20-5-6-22(26)21(15-20)25-9-7-19(8-10-25)24-11-13-27-14-12-24/h1-4,19-22,26H,5-16H2/t20-,21+,22+/m0/s1. The molecule has 0 radical (unpaired) electrons. The largest absolute Gasteiger partial charge is 0.391 e. The van der Waals surface area contributed by atoms with Gasteiger partial charge in [-0.1, -0.05) is 12.1 Å². The molecule has 0 amide bonds. The second kappa shape index (κ2) is 9.63. The summed E-state index contributed by atoms with van der Waals surface area (Å²) in [6.07, 6.45) is 4.81.